The van der Waals surface area contributed by atoms with E-state index in [1.165, 1.54) is 73.6 Å². The summed E-state index contributed by atoms with van der Waals surface area (Å²) >= 11 is 0. The van der Waals surface area contributed by atoms with E-state index in [-0.39, 0.29) is 0 Å². The lowest BCUT2D eigenvalue weighted by Gasteiger charge is -2.06. The molecule has 0 saturated heterocycles. The van der Waals surface area contributed by atoms with Gasteiger partial charge >= 0.3 is 0 Å². The molecule has 0 heteroatoms. The van der Waals surface area contributed by atoms with Crippen LogP contribution in [0.2, 0.25) is 0 Å². The van der Waals surface area contributed by atoms with Gasteiger partial charge in [-0.25, -0.2) is 0 Å². The molecule has 0 nitrogen and oxygen atoms in total. The highest BCUT2D eigenvalue weighted by Gasteiger charge is 1.98. The molecular formula is C23H32. The number of aryl methyl sites for hydroxylation is 2. The summed E-state index contributed by atoms with van der Waals surface area (Å²) in [6, 6.07) is 18.1. The zero-order chi connectivity index (χ0) is 16.3. The van der Waals surface area contributed by atoms with Crippen LogP contribution in [-0.2, 0) is 12.8 Å². The Morgan fingerprint density at radius 3 is 1.65 bits per heavy atom. The van der Waals surface area contributed by atoms with Crippen molar-refractivity contribution in [2.75, 3.05) is 0 Å². The van der Waals surface area contributed by atoms with Crippen molar-refractivity contribution in [1.82, 2.24) is 0 Å². The summed E-state index contributed by atoms with van der Waals surface area (Å²) in [5, 5.41) is 0. The predicted octanol–water partition coefficient (Wildman–Crippen LogP) is 6.88. The van der Waals surface area contributed by atoms with Crippen LogP contribution in [0.3, 0.4) is 0 Å². The monoisotopic (exact) mass is 308 g/mol. The zero-order valence-electron chi connectivity index (χ0n) is 15.0. The van der Waals surface area contributed by atoms with E-state index in [1.54, 1.807) is 0 Å². The van der Waals surface area contributed by atoms with E-state index in [9.17, 15) is 0 Å². The maximum absolute atomic E-state index is 2.32. The van der Waals surface area contributed by atoms with Crippen molar-refractivity contribution < 1.29 is 0 Å². The summed E-state index contributed by atoms with van der Waals surface area (Å²) < 4.78 is 0. The molecule has 0 heterocycles. The molecule has 0 bridgehead atoms. The van der Waals surface area contributed by atoms with Crippen molar-refractivity contribution in [3.63, 3.8) is 0 Å². The van der Waals surface area contributed by atoms with E-state index in [2.05, 4.69) is 62.4 Å². The first-order valence-corrected chi connectivity index (χ1v) is 9.41. The Labute approximate surface area is 143 Å². The van der Waals surface area contributed by atoms with Gasteiger partial charge in [-0.3, -0.25) is 0 Å². The Morgan fingerprint density at radius 2 is 1.04 bits per heavy atom. The SMILES string of the molecule is CCCCCCCCCc1ccc(Cc2ccc(C)cc2)cc1. The highest BCUT2D eigenvalue weighted by atomic mass is 14.0. The van der Waals surface area contributed by atoms with E-state index in [1.807, 2.05) is 0 Å². The van der Waals surface area contributed by atoms with Crippen LogP contribution in [0, 0.1) is 6.92 Å². The Hall–Kier alpha value is -1.56. The Kier molecular flexibility index (Phi) is 7.93. The topological polar surface area (TPSA) is 0 Å². The Bertz CT molecular complexity index is 533. The van der Waals surface area contributed by atoms with Gasteiger partial charge in [0, 0.05) is 0 Å². The first kappa shape index (κ1) is 17.8. The molecule has 0 aliphatic rings. The Balaban J connectivity index is 1.69. The summed E-state index contributed by atoms with van der Waals surface area (Å²) in [5.41, 5.74) is 5.64. The molecule has 0 aliphatic heterocycles. The molecule has 2 rings (SSSR count). The third-order valence-electron chi connectivity index (χ3n) is 4.62. The quantitative estimate of drug-likeness (QED) is 0.420. The number of hydrogen-bond acceptors (Lipinski definition) is 0. The maximum atomic E-state index is 2.32. The number of rotatable bonds is 10. The van der Waals surface area contributed by atoms with Crippen molar-refractivity contribution in [2.45, 2.75) is 71.6 Å². The van der Waals surface area contributed by atoms with Crippen LogP contribution in [0.1, 0.15) is 74.1 Å². The standard InChI is InChI=1S/C23H32/c1-3-4-5-6-7-8-9-10-21-15-17-23(18-16-21)19-22-13-11-20(2)12-14-22/h11-18H,3-10,19H2,1-2H3. The molecule has 0 saturated carbocycles. The van der Waals surface area contributed by atoms with Gasteiger partial charge in [0.2, 0.25) is 0 Å². The molecule has 2 aromatic rings. The molecule has 0 fully saturated rings. The summed E-state index contributed by atoms with van der Waals surface area (Å²) in [7, 11) is 0. The highest BCUT2D eigenvalue weighted by Crippen LogP contribution is 2.14. The first-order chi connectivity index (χ1) is 11.3. The summed E-state index contributed by atoms with van der Waals surface area (Å²) in [6.45, 7) is 4.42. The molecule has 2 aromatic carbocycles. The van der Waals surface area contributed by atoms with Crippen LogP contribution in [0.5, 0.6) is 0 Å². The normalized spacial score (nSPS) is 10.9. The first-order valence-electron chi connectivity index (χ1n) is 9.41. The molecule has 0 spiro atoms. The number of benzene rings is 2. The predicted molar refractivity (Wildman–Crippen MR) is 102 cm³/mol. The van der Waals surface area contributed by atoms with Crippen molar-refractivity contribution in [2.24, 2.45) is 0 Å². The lowest BCUT2D eigenvalue weighted by molar-refractivity contribution is 0.589. The third kappa shape index (κ3) is 7.03. The van der Waals surface area contributed by atoms with Gasteiger partial charge in [0.1, 0.15) is 0 Å². The summed E-state index contributed by atoms with van der Waals surface area (Å²) in [4.78, 5) is 0. The second-order valence-corrected chi connectivity index (χ2v) is 6.85. The molecular weight excluding hydrogens is 276 g/mol. The Morgan fingerprint density at radius 1 is 0.565 bits per heavy atom. The van der Waals surface area contributed by atoms with Crippen LogP contribution in [-0.4, -0.2) is 0 Å². The van der Waals surface area contributed by atoms with Crippen molar-refractivity contribution in [1.29, 1.82) is 0 Å². The van der Waals surface area contributed by atoms with Gasteiger partial charge in [-0.05, 0) is 42.9 Å². The number of hydrogen-bond donors (Lipinski definition) is 0. The van der Waals surface area contributed by atoms with Gasteiger partial charge in [0.15, 0.2) is 0 Å². The minimum absolute atomic E-state index is 1.04. The van der Waals surface area contributed by atoms with E-state index in [4.69, 9.17) is 0 Å². The van der Waals surface area contributed by atoms with Crippen molar-refractivity contribution >= 4 is 0 Å². The van der Waals surface area contributed by atoms with Crippen LogP contribution < -0.4 is 0 Å². The van der Waals surface area contributed by atoms with Crippen molar-refractivity contribution in [3.05, 3.63) is 70.8 Å². The molecule has 0 atom stereocenters. The number of unbranched alkanes of at least 4 members (excludes halogenated alkanes) is 6. The van der Waals surface area contributed by atoms with Gasteiger partial charge in [-0.1, -0.05) is 99.5 Å². The molecule has 124 valence electrons. The molecule has 0 amide bonds. The summed E-state index contributed by atoms with van der Waals surface area (Å²) in [6.07, 6.45) is 12.0. The van der Waals surface area contributed by atoms with Crippen molar-refractivity contribution in [3.8, 4) is 0 Å². The maximum Gasteiger partial charge on any atom is -0.00258 e. The lowest BCUT2D eigenvalue weighted by Crippen LogP contribution is -1.91. The minimum atomic E-state index is 1.04. The van der Waals surface area contributed by atoms with Gasteiger partial charge in [0.05, 0.1) is 0 Å². The fraction of sp³-hybridized carbons (Fsp3) is 0.478. The van der Waals surface area contributed by atoms with Gasteiger partial charge < -0.3 is 0 Å². The van der Waals surface area contributed by atoms with E-state index in [0.717, 1.165) is 6.42 Å². The molecule has 0 radical (unpaired) electrons. The van der Waals surface area contributed by atoms with Crippen LogP contribution in [0.15, 0.2) is 48.5 Å². The summed E-state index contributed by atoms with van der Waals surface area (Å²) in [5.74, 6) is 0. The van der Waals surface area contributed by atoms with Crippen LogP contribution >= 0.6 is 0 Å². The second-order valence-electron chi connectivity index (χ2n) is 6.85. The molecule has 0 aromatic heterocycles. The molecule has 0 aliphatic carbocycles. The van der Waals surface area contributed by atoms with E-state index < -0.39 is 0 Å². The fourth-order valence-electron chi connectivity index (χ4n) is 3.05. The smallest absolute Gasteiger partial charge is 0.00258 e. The largest absolute Gasteiger partial charge is 0.0654 e. The molecule has 0 unspecified atom stereocenters. The lowest BCUT2D eigenvalue weighted by atomic mass is 10.0. The minimum Gasteiger partial charge on any atom is -0.0654 e. The van der Waals surface area contributed by atoms with Crippen LogP contribution in [0.4, 0.5) is 0 Å². The van der Waals surface area contributed by atoms with E-state index >= 15 is 0 Å². The average molecular weight is 309 g/mol. The van der Waals surface area contributed by atoms with Gasteiger partial charge in [0.25, 0.3) is 0 Å². The molecule has 23 heavy (non-hydrogen) atoms. The fourth-order valence-corrected chi connectivity index (χ4v) is 3.05. The molecule has 0 N–H and O–H groups in total. The third-order valence-corrected chi connectivity index (χ3v) is 4.62. The average Bonchev–Trinajstić information content (AvgIpc) is 2.58. The zero-order valence-corrected chi connectivity index (χ0v) is 15.0. The van der Waals surface area contributed by atoms with E-state index in [0.29, 0.717) is 0 Å². The highest BCUT2D eigenvalue weighted by molar-refractivity contribution is 5.30. The van der Waals surface area contributed by atoms with Gasteiger partial charge in [-0.15, -0.1) is 0 Å². The van der Waals surface area contributed by atoms with Gasteiger partial charge in [-0.2, -0.15) is 0 Å². The second kappa shape index (κ2) is 10.3. The van der Waals surface area contributed by atoms with Crippen LogP contribution in [0.25, 0.3) is 0 Å².